The molecule has 1 amide bonds. The Hall–Kier alpha value is -1.53. The first kappa shape index (κ1) is 18.8. The van der Waals surface area contributed by atoms with Gasteiger partial charge in [0, 0.05) is 5.75 Å². The van der Waals surface area contributed by atoms with Gasteiger partial charge in [-0.1, -0.05) is 49.6 Å². The molecule has 0 aromatic heterocycles. The first-order valence-corrected chi connectivity index (χ1v) is 9.43. The number of hydrogen-bond donors (Lipinski definition) is 2. The summed E-state index contributed by atoms with van der Waals surface area (Å²) in [6, 6.07) is 9.37. The predicted octanol–water partition coefficient (Wildman–Crippen LogP) is 2.45. The molecule has 24 heavy (non-hydrogen) atoms. The number of esters is 1. The molecule has 5 nitrogen and oxygen atoms in total. The van der Waals surface area contributed by atoms with Gasteiger partial charge in [0.25, 0.3) is 0 Å². The van der Waals surface area contributed by atoms with Gasteiger partial charge in [-0.3, -0.25) is 4.79 Å². The van der Waals surface area contributed by atoms with Crippen LogP contribution in [-0.4, -0.2) is 41.1 Å². The van der Waals surface area contributed by atoms with Crippen LogP contribution in [0.2, 0.25) is 0 Å². The SMILES string of the molecule is COC(=O)C1(NC(=O)CSCC(O)c2ccccc2)CCCCC1. The van der Waals surface area contributed by atoms with Crippen molar-refractivity contribution in [2.24, 2.45) is 0 Å². The summed E-state index contributed by atoms with van der Waals surface area (Å²) < 4.78 is 4.89. The van der Waals surface area contributed by atoms with Crippen LogP contribution in [0, 0.1) is 0 Å². The molecule has 0 bridgehead atoms. The zero-order chi connectivity index (χ0) is 17.4. The van der Waals surface area contributed by atoms with Gasteiger partial charge in [0.2, 0.25) is 5.91 Å². The third-order valence-electron chi connectivity index (χ3n) is 4.36. The van der Waals surface area contributed by atoms with E-state index in [1.807, 2.05) is 30.3 Å². The third kappa shape index (κ3) is 4.98. The van der Waals surface area contributed by atoms with Crippen LogP contribution >= 0.6 is 11.8 Å². The zero-order valence-electron chi connectivity index (χ0n) is 14.0. The topological polar surface area (TPSA) is 75.6 Å². The van der Waals surface area contributed by atoms with Crippen molar-refractivity contribution in [3.05, 3.63) is 35.9 Å². The van der Waals surface area contributed by atoms with E-state index in [9.17, 15) is 14.7 Å². The number of hydrogen-bond acceptors (Lipinski definition) is 5. The maximum absolute atomic E-state index is 12.2. The molecule has 1 atom stereocenters. The molecule has 2 N–H and O–H groups in total. The minimum Gasteiger partial charge on any atom is -0.467 e. The standard InChI is InChI=1S/C18H25NO4S/c1-23-17(22)18(10-6-3-7-11-18)19-16(21)13-24-12-15(20)14-8-4-2-5-9-14/h2,4-5,8-9,15,20H,3,6-7,10-13H2,1H3,(H,19,21). The van der Waals surface area contributed by atoms with Crippen molar-refractivity contribution in [3.63, 3.8) is 0 Å². The van der Waals surface area contributed by atoms with Crippen LogP contribution in [0.15, 0.2) is 30.3 Å². The number of carbonyl (C=O) groups is 2. The molecule has 1 aliphatic carbocycles. The predicted molar refractivity (Wildman–Crippen MR) is 94.7 cm³/mol. The Bertz CT molecular complexity index is 543. The number of aliphatic hydroxyl groups excluding tert-OH is 1. The molecule has 0 aliphatic heterocycles. The summed E-state index contributed by atoms with van der Waals surface area (Å²) in [5, 5.41) is 13.0. The molecule has 1 fully saturated rings. The highest BCUT2D eigenvalue weighted by molar-refractivity contribution is 7.99. The number of amides is 1. The highest BCUT2D eigenvalue weighted by Gasteiger charge is 2.41. The van der Waals surface area contributed by atoms with Gasteiger partial charge in [-0.15, -0.1) is 11.8 Å². The molecule has 1 saturated carbocycles. The fraction of sp³-hybridized carbons (Fsp3) is 0.556. The number of carbonyl (C=O) groups excluding carboxylic acids is 2. The Morgan fingerprint density at radius 1 is 1.25 bits per heavy atom. The smallest absolute Gasteiger partial charge is 0.331 e. The summed E-state index contributed by atoms with van der Waals surface area (Å²) in [5.41, 5.74) is -0.0356. The molecule has 0 spiro atoms. The second-order valence-electron chi connectivity index (χ2n) is 6.12. The molecule has 1 aromatic carbocycles. The maximum atomic E-state index is 12.2. The fourth-order valence-corrected chi connectivity index (χ4v) is 3.86. The van der Waals surface area contributed by atoms with Crippen molar-refractivity contribution >= 4 is 23.6 Å². The molecule has 0 saturated heterocycles. The summed E-state index contributed by atoms with van der Waals surface area (Å²) in [4.78, 5) is 24.3. The molecule has 1 unspecified atom stereocenters. The lowest BCUT2D eigenvalue weighted by Crippen LogP contribution is -2.56. The van der Waals surface area contributed by atoms with Gasteiger partial charge in [0.05, 0.1) is 19.0 Å². The third-order valence-corrected chi connectivity index (χ3v) is 5.37. The largest absolute Gasteiger partial charge is 0.467 e. The van der Waals surface area contributed by atoms with Crippen molar-refractivity contribution < 1.29 is 19.4 Å². The average Bonchev–Trinajstić information content (AvgIpc) is 2.62. The number of rotatable bonds is 7. The monoisotopic (exact) mass is 351 g/mol. The van der Waals surface area contributed by atoms with E-state index in [4.69, 9.17) is 4.74 Å². The molecule has 1 aliphatic rings. The van der Waals surface area contributed by atoms with Crippen LogP contribution < -0.4 is 5.32 Å². The molecule has 6 heteroatoms. The molecule has 0 heterocycles. The van der Waals surface area contributed by atoms with Crippen molar-refractivity contribution in [3.8, 4) is 0 Å². The minimum absolute atomic E-state index is 0.187. The second-order valence-corrected chi connectivity index (χ2v) is 7.15. The van der Waals surface area contributed by atoms with E-state index in [2.05, 4.69) is 5.32 Å². The van der Waals surface area contributed by atoms with Gasteiger partial charge in [-0.25, -0.2) is 4.79 Å². The molecule has 132 valence electrons. The molecular weight excluding hydrogens is 326 g/mol. The molecular formula is C18H25NO4S. The molecule has 2 rings (SSSR count). The summed E-state index contributed by atoms with van der Waals surface area (Å²) in [5.74, 6) is 0.100. The lowest BCUT2D eigenvalue weighted by atomic mass is 9.81. The van der Waals surface area contributed by atoms with Crippen molar-refractivity contribution in [2.45, 2.75) is 43.7 Å². The maximum Gasteiger partial charge on any atom is 0.331 e. The van der Waals surface area contributed by atoms with Crippen LogP contribution in [-0.2, 0) is 14.3 Å². The number of aliphatic hydroxyl groups is 1. The van der Waals surface area contributed by atoms with E-state index < -0.39 is 11.6 Å². The highest BCUT2D eigenvalue weighted by Crippen LogP contribution is 2.29. The quantitative estimate of drug-likeness (QED) is 0.738. The molecule has 0 radical (unpaired) electrons. The summed E-state index contributed by atoms with van der Waals surface area (Å²) in [6.45, 7) is 0. The van der Waals surface area contributed by atoms with E-state index in [1.54, 1.807) is 0 Å². The minimum atomic E-state index is -0.872. The van der Waals surface area contributed by atoms with Gasteiger partial charge >= 0.3 is 5.97 Å². The van der Waals surface area contributed by atoms with Crippen molar-refractivity contribution in [2.75, 3.05) is 18.6 Å². The van der Waals surface area contributed by atoms with E-state index in [0.717, 1.165) is 24.8 Å². The van der Waals surface area contributed by atoms with Crippen molar-refractivity contribution in [1.29, 1.82) is 0 Å². The fourth-order valence-electron chi connectivity index (χ4n) is 3.07. The van der Waals surface area contributed by atoms with E-state index >= 15 is 0 Å². The number of nitrogens with one attached hydrogen (secondary N) is 1. The number of ether oxygens (including phenoxy) is 1. The Labute approximate surface area is 147 Å². The Kier molecular flexibility index (Phi) is 7.12. The van der Waals surface area contributed by atoms with Crippen LogP contribution in [0.3, 0.4) is 0 Å². The summed E-state index contributed by atoms with van der Waals surface area (Å²) in [7, 11) is 1.36. The number of methoxy groups -OCH3 is 1. The van der Waals surface area contributed by atoms with Gasteiger partial charge in [-0.2, -0.15) is 0 Å². The van der Waals surface area contributed by atoms with Crippen LogP contribution in [0.5, 0.6) is 0 Å². The van der Waals surface area contributed by atoms with E-state index in [1.165, 1.54) is 18.9 Å². The average molecular weight is 351 g/mol. The Morgan fingerprint density at radius 2 is 1.92 bits per heavy atom. The molecule has 1 aromatic rings. The van der Waals surface area contributed by atoms with Crippen LogP contribution in [0.1, 0.15) is 43.8 Å². The first-order valence-electron chi connectivity index (χ1n) is 8.27. The van der Waals surface area contributed by atoms with Crippen LogP contribution in [0.25, 0.3) is 0 Å². The highest BCUT2D eigenvalue weighted by atomic mass is 32.2. The number of benzene rings is 1. The summed E-state index contributed by atoms with van der Waals surface area (Å²) in [6.07, 6.45) is 3.55. The van der Waals surface area contributed by atoms with Gasteiger partial charge < -0.3 is 15.2 Å². The lowest BCUT2D eigenvalue weighted by Gasteiger charge is -2.35. The van der Waals surface area contributed by atoms with Gasteiger partial charge in [-0.05, 0) is 18.4 Å². The summed E-state index contributed by atoms with van der Waals surface area (Å²) >= 11 is 1.36. The number of thioether (sulfide) groups is 1. The Morgan fingerprint density at radius 3 is 2.54 bits per heavy atom. The van der Waals surface area contributed by atoms with Crippen molar-refractivity contribution in [1.82, 2.24) is 5.32 Å². The zero-order valence-corrected chi connectivity index (χ0v) is 14.8. The normalized spacial score (nSPS) is 17.8. The first-order chi connectivity index (χ1) is 11.6. The van der Waals surface area contributed by atoms with Gasteiger partial charge in [0.1, 0.15) is 5.54 Å². The van der Waals surface area contributed by atoms with E-state index in [0.29, 0.717) is 18.6 Å². The lowest BCUT2D eigenvalue weighted by molar-refractivity contribution is -0.152. The van der Waals surface area contributed by atoms with E-state index in [-0.39, 0.29) is 17.6 Å². The van der Waals surface area contributed by atoms with Gasteiger partial charge in [0.15, 0.2) is 0 Å². The van der Waals surface area contributed by atoms with Crippen LogP contribution in [0.4, 0.5) is 0 Å². The Balaban J connectivity index is 1.82. The second kappa shape index (κ2) is 9.08.